The molecule has 0 aliphatic carbocycles. The maximum Gasteiger partial charge on any atom is 0.295 e. The van der Waals surface area contributed by atoms with E-state index in [4.69, 9.17) is 4.74 Å². The number of hydrazone groups is 1. The Morgan fingerprint density at radius 1 is 1.18 bits per heavy atom. The van der Waals surface area contributed by atoms with Gasteiger partial charge in [-0.15, -0.1) is 0 Å². The Bertz CT molecular complexity index is 1270. The third-order valence-corrected chi connectivity index (χ3v) is 6.98. The van der Waals surface area contributed by atoms with Gasteiger partial charge in [0, 0.05) is 19.2 Å². The molecule has 0 saturated carbocycles. The minimum atomic E-state index is -3.86. The molecule has 0 atom stereocenters. The first kappa shape index (κ1) is 22.5. The number of morpholine rings is 1. The van der Waals surface area contributed by atoms with Gasteiger partial charge >= 0.3 is 0 Å². The van der Waals surface area contributed by atoms with Gasteiger partial charge < -0.3 is 4.74 Å². The van der Waals surface area contributed by atoms with Crippen molar-refractivity contribution in [3.05, 3.63) is 70.8 Å². The van der Waals surface area contributed by atoms with Gasteiger partial charge in [0.2, 0.25) is 10.0 Å². The van der Waals surface area contributed by atoms with E-state index in [9.17, 15) is 18.5 Å². The van der Waals surface area contributed by atoms with Crippen LogP contribution in [-0.2, 0) is 14.8 Å². The van der Waals surface area contributed by atoms with Crippen LogP contribution in [0.25, 0.3) is 5.69 Å². The molecular weight excluding hydrogens is 450 g/mol. The average Bonchev–Trinajstić information content (AvgIpc) is 3.38. The number of nitrogens with one attached hydrogen (secondary N) is 1. The summed E-state index contributed by atoms with van der Waals surface area (Å²) in [5, 5.41) is 19.9. The van der Waals surface area contributed by atoms with Gasteiger partial charge in [0.1, 0.15) is 18.3 Å². The zero-order valence-corrected chi connectivity index (χ0v) is 18.5. The highest BCUT2D eigenvalue weighted by Gasteiger charge is 2.28. The number of nitro benzene ring substituents is 1. The van der Waals surface area contributed by atoms with Crippen LogP contribution in [0.2, 0.25) is 0 Å². The maximum absolute atomic E-state index is 12.8. The number of aromatic nitrogens is 3. The van der Waals surface area contributed by atoms with Gasteiger partial charge in [-0.05, 0) is 36.8 Å². The number of sulfonamides is 1. The van der Waals surface area contributed by atoms with Gasteiger partial charge in [-0.3, -0.25) is 15.5 Å². The van der Waals surface area contributed by atoms with Crippen LogP contribution in [0.15, 0.2) is 65.1 Å². The van der Waals surface area contributed by atoms with E-state index in [1.165, 1.54) is 22.8 Å². The van der Waals surface area contributed by atoms with Crippen molar-refractivity contribution in [1.29, 1.82) is 0 Å². The van der Waals surface area contributed by atoms with Crippen molar-refractivity contribution < 1.29 is 18.1 Å². The number of hydrogen-bond acceptors (Lipinski definition) is 9. The summed E-state index contributed by atoms with van der Waals surface area (Å²) >= 11 is 0. The van der Waals surface area contributed by atoms with E-state index in [0.29, 0.717) is 5.71 Å². The summed E-state index contributed by atoms with van der Waals surface area (Å²) in [4.78, 5) is 14.7. The number of hydrogen-bond donors (Lipinski definition) is 1. The van der Waals surface area contributed by atoms with Crippen LogP contribution in [0.5, 0.6) is 0 Å². The molecule has 33 heavy (non-hydrogen) atoms. The summed E-state index contributed by atoms with van der Waals surface area (Å²) in [6.07, 6.45) is 3.02. The van der Waals surface area contributed by atoms with E-state index in [-0.39, 0.29) is 42.6 Å². The highest BCUT2D eigenvalue weighted by Crippen LogP contribution is 2.29. The van der Waals surface area contributed by atoms with Crippen molar-refractivity contribution in [3.63, 3.8) is 0 Å². The summed E-state index contributed by atoms with van der Waals surface area (Å²) in [5.74, 6) is 0. The molecule has 4 rings (SSSR count). The van der Waals surface area contributed by atoms with Crippen molar-refractivity contribution in [3.8, 4) is 5.69 Å². The third kappa shape index (κ3) is 4.89. The molecule has 1 aliphatic rings. The molecule has 2 aromatic carbocycles. The van der Waals surface area contributed by atoms with Crippen LogP contribution in [0.3, 0.4) is 0 Å². The molecule has 1 aromatic heterocycles. The Kier molecular flexibility index (Phi) is 6.44. The topological polar surface area (TPSA) is 145 Å². The molecule has 2 heterocycles. The van der Waals surface area contributed by atoms with Gasteiger partial charge in [-0.1, -0.05) is 12.1 Å². The van der Waals surface area contributed by atoms with Gasteiger partial charge in [-0.25, -0.2) is 18.1 Å². The zero-order valence-electron chi connectivity index (χ0n) is 17.7. The molecular formula is C20H21N7O5S. The second kappa shape index (κ2) is 9.44. The van der Waals surface area contributed by atoms with Crippen molar-refractivity contribution in [1.82, 2.24) is 19.1 Å². The molecule has 1 saturated heterocycles. The fraction of sp³-hybridized carbons (Fsp3) is 0.250. The van der Waals surface area contributed by atoms with E-state index in [1.54, 1.807) is 17.9 Å². The number of anilines is 1. The van der Waals surface area contributed by atoms with Gasteiger partial charge in [0.05, 0.1) is 34.4 Å². The van der Waals surface area contributed by atoms with E-state index in [2.05, 4.69) is 20.6 Å². The van der Waals surface area contributed by atoms with Gasteiger partial charge in [-0.2, -0.15) is 14.5 Å². The summed E-state index contributed by atoms with van der Waals surface area (Å²) in [6.45, 7) is 2.73. The molecule has 3 aromatic rings. The van der Waals surface area contributed by atoms with Crippen LogP contribution >= 0.6 is 0 Å². The second-order valence-corrected chi connectivity index (χ2v) is 9.09. The molecule has 1 aliphatic heterocycles. The second-order valence-electron chi connectivity index (χ2n) is 7.15. The predicted molar refractivity (Wildman–Crippen MR) is 120 cm³/mol. The number of nitrogens with zero attached hydrogens (tertiary/aromatic N) is 6. The van der Waals surface area contributed by atoms with Crippen LogP contribution in [-0.4, -0.2) is 64.4 Å². The Hall–Kier alpha value is -3.68. The molecule has 13 heteroatoms. The van der Waals surface area contributed by atoms with E-state index < -0.39 is 14.9 Å². The zero-order chi connectivity index (χ0) is 23.4. The third-order valence-electron chi connectivity index (χ3n) is 5.09. The van der Waals surface area contributed by atoms with Crippen LogP contribution in [0.4, 0.5) is 11.4 Å². The maximum atomic E-state index is 12.8. The summed E-state index contributed by atoms with van der Waals surface area (Å²) in [6, 6.07) is 11.1. The van der Waals surface area contributed by atoms with Crippen LogP contribution in [0.1, 0.15) is 12.5 Å². The molecule has 0 unspecified atom stereocenters. The van der Waals surface area contributed by atoms with Crippen molar-refractivity contribution in [2.45, 2.75) is 11.8 Å². The first-order valence-electron chi connectivity index (χ1n) is 9.98. The van der Waals surface area contributed by atoms with Crippen molar-refractivity contribution in [2.24, 2.45) is 5.10 Å². The van der Waals surface area contributed by atoms with Crippen molar-refractivity contribution >= 4 is 27.1 Å². The molecule has 0 bridgehead atoms. The smallest absolute Gasteiger partial charge is 0.295 e. The van der Waals surface area contributed by atoms with E-state index in [0.717, 1.165) is 17.3 Å². The number of ether oxygens (including phenoxy) is 1. The van der Waals surface area contributed by atoms with E-state index in [1.807, 2.05) is 24.3 Å². The summed E-state index contributed by atoms with van der Waals surface area (Å²) in [7, 11) is -3.86. The normalized spacial score (nSPS) is 15.4. The number of nitro groups is 1. The molecule has 0 amide bonds. The van der Waals surface area contributed by atoms with E-state index >= 15 is 0 Å². The predicted octanol–water partition coefficient (Wildman–Crippen LogP) is 2.03. The summed E-state index contributed by atoms with van der Waals surface area (Å²) in [5.41, 5.74) is 4.58. The Balaban J connectivity index is 1.55. The lowest BCUT2D eigenvalue weighted by molar-refractivity contribution is -0.384. The average molecular weight is 471 g/mol. The lowest BCUT2D eigenvalue weighted by Gasteiger charge is -2.26. The Morgan fingerprint density at radius 2 is 1.91 bits per heavy atom. The Morgan fingerprint density at radius 3 is 2.55 bits per heavy atom. The highest BCUT2D eigenvalue weighted by atomic mass is 32.2. The lowest BCUT2D eigenvalue weighted by Crippen LogP contribution is -2.40. The fourth-order valence-electron chi connectivity index (χ4n) is 3.26. The van der Waals surface area contributed by atoms with Gasteiger partial charge in [0.15, 0.2) is 0 Å². The quantitative estimate of drug-likeness (QED) is 0.313. The number of rotatable bonds is 7. The molecule has 1 N–H and O–H groups in total. The first-order valence-corrected chi connectivity index (χ1v) is 11.4. The molecule has 12 nitrogen and oxygen atoms in total. The summed E-state index contributed by atoms with van der Waals surface area (Å²) < 4.78 is 33.7. The standard InChI is InChI=1S/C20H21N7O5S/c1-15(16-2-4-17(5-3-16)26-14-21-13-22-26)23-24-19-7-6-18(12-20(19)27(28)29)33(30,31)25-8-10-32-11-9-25/h2-7,12-14,24H,8-11H2,1H3/b23-15+. The largest absolute Gasteiger partial charge is 0.379 e. The van der Waals surface area contributed by atoms with Gasteiger partial charge in [0.25, 0.3) is 5.69 Å². The van der Waals surface area contributed by atoms with Crippen LogP contribution < -0.4 is 5.43 Å². The SMILES string of the molecule is C/C(=N\Nc1ccc(S(=O)(=O)N2CCOCC2)cc1[N+](=O)[O-])c1ccc(-n2cncn2)cc1. The minimum Gasteiger partial charge on any atom is -0.379 e. The molecule has 0 spiro atoms. The fourth-order valence-corrected chi connectivity index (χ4v) is 4.69. The molecule has 172 valence electrons. The van der Waals surface area contributed by atoms with Crippen LogP contribution in [0, 0.1) is 10.1 Å². The monoisotopic (exact) mass is 471 g/mol. The first-order chi connectivity index (χ1) is 15.9. The highest BCUT2D eigenvalue weighted by molar-refractivity contribution is 7.89. The Labute approximate surface area is 189 Å². The lowest BCUT2D eigenvalue weighted by atomic mass is 10.1. The number of benzene rings is 2. The molecule has 0 radical (unpaired) electrons. The minimum absolute atomic E-state index is 0.0829. The van der Waals surface area contributed by atoms with Crippen molar-refractivity contribution in [2.75, 3.05) is 31.7 Å². The molecule has 1 fully saturated rings.